The number of pyridine rings is 1. The zero-order valence-electron chi connectivity index (χ0n) is 5.46. The maximum atomic E-state index is 10.7. The molecule has 12 heavy (non-hydrogen) atoms. The van der Waals surface area contributed by atoms with E-state index in [0.29, 0.717) is 8.59 Å². The lowest BCUT2D eigenvalue weighted by Crippen LogP contribution is -1.95. The molecule has 0 aliphatic rings. The predicted octanol–water partition coefficient (Wildman–Crippen LogP) is 2.27. The Morgan fingerprint density at radius 1 is 1.50 bits per heavy atom. The van der Waals surface area contributed by atoms with Crippen molar-refractivity contribution in [3.63, 3.8) is 0 Å². The summed E-state index contributed by atoms with van der Waals surface area (Å²) in [5.74, 6) is 0. The summed E-state index contributed by atoms with van der Waals surface area (Å²) in [5.41, 5.74) is 0. The highest BCUT2D eigenvalue weighted by Crippen LogP contribution is 2.21. The maximum absolute atomic E-state index is 10.7. The molecule has 0 fully saturated rings. The summed E-state index contributed by atoms with van der Waals surface area (Å²) >= 11 is 7.59. The van der Waals surface area contributed by atoms with Crippen molar-refractivity contribution in [3.8, 4) is 0 Å². The van der Waals surface area contributed by atoms with Gasteiger partial charge in [0.2, 0.25) is 0 Å². The standard InChI is InChI=1S/C5H2Cl2INO2S/c6-3-1-5(12(7,10)11)9-2-4(3)8/h1-2H. The van der Waals surface area contributed by atoms with E-state index in [2.05, 4.69) is 4.98 Å². The van der Waals surface area contributed by atoms with Crippen molar-refractivity contribution >= 4 is 53.9 Å². The van der Waals surface area contributed by atoms with E-state index in [0.717, 1.165) is 0 Å². The Balaban J connectivity index is 3.33. The number of hydrogen-bond acceptors (Lipinski definition) is 3. The molecule has 0 atom stereocenters. The SMILES string of the molecule is O=S(=O)(Cl)c1cc(Cl)c(I)cn1. The Bertz CT molecular complexity index is 406. The third kappa shape index (κ3) is 2.45. The Labute approximate surface area is 92.6 Å². The maximum Gasteiger partial charge on any atom is 0.278 e. The molecule has 0 unspecified atom stereocenters. The molecule has 0 bridgehead atoms. The number of hydrogen-bond donors (Lipinski definition) is 0. The molecule has 0 aromatic carbocycles. The Kier molecular flexibility index (Phi) is 3.19. The number of rotatable bonds is 1. The van der Waals surface area contributed by atoms with Gasteiger partial charge in [-0.1, -0.05) is 11.6 Å². The minimum Gasteiger partial charge on any atom is -0.242 e. The summed E-state index contributed by atoms with van der Waals surface area (Å²) in [6.45, 7) is 0. The van der Waals surface area contributed by atoms with Crippen molar-refractivity contribution < 1.29 is 8.42 Å². The van der Waals surface area contributed by atoms with Crippen LogP contribution >= 0.6 is 44.9 Å². The van der Waals surface area contributed by atoms with Crippen LogP contribution in [0.5, 0.6) is 0 Å². The van der Waals surface area contributed by atoms with E-state index in [9.17, 15) is 8.42 Å². The van der Waals surface area contributed by atoms with Crippen LogP contribution in [0.1, 0.15) is 0 Å². The summed E-state index contributed by atoms with van der Waals surface area (Å²) in [6, 6.07) is 1.21. The van der Waals surface area contributed by atoms with E-state index < -0.39 is 9.05 Å². The molecule has 1 rings (SSSR count). The number of aromatic nitrogens is 1. The Hall–Kier alpha value is 0.410. The lowest BCUT2D eigenvalue weighted by molar-refractivity contribution is 0.606. The lowest BCUT2D eigenvalue weighted by atomic mass is 10.5. The fraction of sp³-hybridized carbons (Fsp3) is 0. The molecule has 0 N–H and O–H groups in total. The molecule has 1 aromatic heterocycles. The highest BCUT2D eigenvalue weighted by molar-refractivity contribution is 14.1. The van der Waals surface area contributed by atoms with Crippen molar-refractivity contribution in [1.29, 1.82) is 0 Å². The number of nitrogens with zero attached hydrogens (tertiary/aromatic N) is 1. The zero-order chi connectivity index (χ0) is 9.35. The molecule has 0 saturated carbocycles. The lowest BCUT2D eigenvalue weighted by Gasteiger charge is -1.97. The van der Waals surface area contributed by atoms with Crippen molar-refractivity contribution in [2.75, 3.05) is 0 Å². The van der Waals surface area contributed by atoms with E-state index in [4.69, 9.17) is 22.3 Å². The quantitative estimate of drug-likeness (QED) is 0.583. The van der Waals surface area contributed by atoms with Gasteiger partial charge in [-0.25, -0.2) is 13.4 Å². The van der Waals surface area contributed by atoms with E-state index in [1.54, 1.807) is 0 Å². The second-order valence-corrected chi connectivity index (χ2v) is 5.96. The predicted molar refractivity (Wildman–Crippen MR) is 55.0 cm³/mol. The van der Waals surface area contributed by atoms with E-state index in [-0.39, 0.29) is 5.03 Å². The fourth-order valence-corrected chi connectivity index (χ4v) is 1.73. The summed E-state index contributed by atoms with van der Waals surface area (Å²) < 4.78 is 22.2. The van der Waals surface area contributed by atoms with Gasteiger partial charge in [0.1, 0.15) is 0 Å². The van der Waals surface area contributed by atoms with Crippen molar-refractivity contribution in [2.24, 2.45) is 0 Å². The van der Waals surface area contributed by atoms with Crippen LogP contribution in [0, 0.1) is 3.57 Å². The summed E-state index contributed by atoms with van der Waals surface area (Å²) in [5, 5.41) is 0.0967. The average molecular weight is 338 g/mol. The topological polar surface area (TPSA) is 47.0 Å². The van der Waals surface area contributed by atoms with Crippen LogP contribution in [0.3, 0.4) is 0 Å². The van der Waals surface area contributed by atoms with Gasteiger partial charge < -0.3 is 0 Å². The molecule has 0 radical (unpaired) electrons. The molecule has 0 saturated heterocycles. The third-order valence-electron chi connectivity index (χ3n) is 1.03. The summed E-state index contributed by atoms with van der Waals surface area (Å²) in [6.07, 6.45) is 1.35. The van der Waals surface area contributed by atoms with Gasteiger partial charge in [-0.3, -0.25) is 0 Å². The van der Waals surface area contributed by atoms with E-state index in [1.807, 2.05) is 22.6 Å². The first-order chi connectivity index (χ1) is 5.41. The molecular weight excluding hydrogens is 336 g/mol. The minimum atomic E-state index is -3.77. The molecule has 3 nitrogen and oxygen atoms in total. The highest BCUT2D eigenvalue weighted by atomic mass is 127. The van der Waals surface area contributed by atoms with Crippen LogP contribution in [0.15, 0.2) is 17.3 Å². The first kappa shape index (κ1) is 10.5. The number of halogens is 3. The minimum absolute atomic E-state index is 0.227. The van der Waals surface area contributed by atoms with Crippen LogP contribution in [0.2, 0.25) is 5.02 Å². The smallest absolute Gasteiger partial charge is 0.242 e. The molecule has 0 aliphatic heterocycles. The first-order valence-electron chi connectivity index (χ1n) is 2.67. The van der Waals surface area contributed by atoms with Crippen LogP contribution in [0.25, 0.3) is 0 Å². The van der Waals surface area contributed by atoms with Gasteiger partial charge >= 0.3 is 0 Å². The first-order valence-corrected chi connectivity index (χ1v) is 6.43. The Morgan fingerprint density at radius 3 is 2.50 bits per heavy atom. The molecular formula is C5H2Cl2INO2S. The van der Waals surface area contributed by atoms with Gasteiger partial charge in [0.25, 0.3) is 9.05 Å². The van der Waals surface area contributed by atoms with Crippen molar-refractivity contribution in [1.82, 2.24) is 4.98 Å². The molecule has 1 heterocycles. The molecule has 66 valence electrons. The van der Waals surface area contributed by atoms with Crippen LogP contribution < -0.4 is 0 Å². The fourth-order valence-electron chi connectivity index (χ4n) is 0.530. The second kappa shape index (κ2) is 3.65. The molecule has 0 amide bonds. The monoisotopic (exact) mass is 337 g/mol. The molecule has 7 heteroatoms. The van der Waals surface area contributed by atoms with Crippen molar-refractivity contribution in [2.45, 2.75) is 5.03 Å². The average Bonchev–Trinajstić information content (AvgIpc) is 1.92. The normalized spacial score (nSPS) is 11.6. The van der Waals surface area contributed by atoms with Gasteiger partial charge in [0, 0.05) is 16.9 Å². The molecule has 1 aromatic rings. The third-order valence-corrected chi connectivity index (χ3v) is 3.72. The van der Waals surface area contributed by atoms with Gasteiger partial charge in [0.05, 0.1) is 8.59 Å². The second-order valence-electron chi connectivity index (χ2n) is 1.87. The Morgan fingerprint density at radius 2 is 2.08 bits per heavy atom. The summed E-state index contributed by atoms with van der Waals surface area (Å²) in [7, 11) is 1.26. The molecule has 0 aliphatic carbocycles. The van der Waals surface area contributed by atoms with Gasteiger partial charge in [0.15, 0.2) is 5.03 Å². The van der Waals surface area contributed by atoms with E-state index in [1.165, 1.54) is 12.3 Å². The van der Waals surface area contributed by atoms with Gasteiger partial charge in [-0.15, -0.1) is 0 Å². The van der Waals surface area contributed by atoms with Crippen LogP contribution in [0.4, 0.5) is 0 Å². The highest BCUT2D eigenvalue weighted by Gasteiger charge is 2.12. The zero-order valence-corrected chi connectivity index (χ0v) is 9.95. The summed E-state index contributed by atoms with van der Waals surface area (Å²) in [4.78, 5) is 3.60. The largest absolute Gasteiger partial charge is 0.278 e. The van der Waals surface area contributed by atoms with E-state index >= 15 is 0 Å². The van der Waals surface area contributed by atoms with Gasteiger partial charge in [-0.2, -0.15) is 0 Å². The van der Waals surface area contributed by atoms with Gasteiger partial charge in [-0.05, 0) is 28.7 Å². The van der Waals surface area contributed by atoms with Crippen LogP contribution in [-0.2, 0) is 9.05 Å². The van der Waals surface area contributed by atoms with Crippen LogP contribution in [-0.4, -0.2) is 13.4 Å². The van der Waals surface area contributed by atoms with Crippen molar-refractivity contribution in [3.05, 3.63) is 20.9 Å². The molecule has 0 spiro atoms.